The van der Waals surface area contributed by atoms with E-state index in [9.17, 15) is 13.6 Å². The van der Waals surface area contributed by atoms with Gasteiger partial charge in [0.15, 0.2) is 0 Å². The van der Waals surface area contributed by atoms with Crippen LogP contribution in [0.1, 0.15) is 24.8 Å². The van der Waals surface area contributed by atoms with Crippen LogP contribution in [0.2, 0.25) is 0 Å². The molecule has 0 radical (unpaired) electrons. The van der Waals surface area contributed by atoms with Crippen LogP contribution in [-0.4, -0.2) is 29.9 Å². The molecule has 0 aromatic heterocycles. The molecule has 1 atom stereocenters. The molecule has 1 unspecified atom stereocenters. The maximum Gasteiger partial charge on any atom is 0.222 e. The molecular weight excluding hydrogens is 322 g/mol. The Morgan fingerprint density at radius 2 is 1.88 bits per heavy atom. The van der Waals surface area contributed by atoms with Gasteiger partial charge in [0, 0.05) is 31.2 Å². The predicted molar refractivity (Wildman–Crippen MR) is 94.3 cm³/mol. The van der Waals surface area contributed by atoms with E-state index in [4.69, 9.17) is 0 Å². The average Bonchev–Trinajstić information content (AvgIpc) is 2.63. The zero-order valence-corrected chi connectivity index (χ0v) is 14.1. The molecule has 3 nitrogen and oxygen atoms in total. The predicted octanol–water partition coefficient (Wildman–Crippen LogP) is 4.00. The third-order valence-corrected chi connectivity index (χ3v) is 4.56. The Hall–Kier alpha value is -2.43. The van der Waals surface area contributed by atoms with Gasteiger partial charge in [-0.2, -0.15) is 0 Å². The first-order valence-corrected chi connectivity index (χ1v) is 8.65. The zero-order valence-electron chi connectivity index (χ0n) is 14.1. The number of hydrogen-bond donors (Lipinski definition) is 1. The summed E-state index contributed by atoms with van der Waals surface area (Å²) in [5.74, 6) is -0.474. The Morgan fingerprint density at radius 1 is 1.12 bits per heavy atom. The summed E-state index contributed by atoms with van der Waals surface area (Å²) in [4.78, 5) is 14.3. The van der Waals surface area contributed by atoms with Crippen LogP contribution in [-0.2, 0) is 11.2 Å². The number of hydrogen-bond acceptors (Lipinski definition) is 2. The lowest BCUT2D eigenvalue weighted by Gasteiger charge is -2.34. The Kier molecular flexibility index (Phi) is 5.64. The number of nitrogens with zero attached hydrogens (tertiary/aromatic N) is 1. The molecule has 25 heavy (non-hydrogen) atoms. The Labute approximate surface area is 146 Å². The Bertz CT molecular complexity index is 718. The summed E-state index contributed by atoms with van der Waals surface area (Å²) in [7, 11) is 0. The summed E-state index contributed by atoms with van der Waals surface area (Å²) in [5, 5.41) is 3.36. The molecule has 0 saturated carbocycles. The van der Waals surface area contributed by atoms with E-state index >= 15 is 0 Å². The van der Waals surface area contributed by atoms with E-state index < -0.39 is 0 Å². The van der Waals surface area contributed by atoms with E-state index in [1.165, 1.54) is 18.2 Å². The van der Waals surface area contributed by atoms with Crippen molar-refractivity contribution in [2.24, 2.45) is 0 Å². The molecule has 2 aromatic carbocycles. The van der Waals surface area contributed by atoms with Crippen molar-refractivity contribution in [1.82, 2.24) is 4.90 Å². The van der Waals surface area contributed by atoms with Gasteiger partial charge in [-0.05, 0) is 55.2 Å². The molecular formula is C20H22F2N2O. The summed E-state index contributed by atoms with van der Waals surface area (Å²) in [5.41, 5.74) is 1.43. The highest BCUT2D eigenvalue weighted by Gasteiger charge is 2.23. The first-order valence-electron chi connectivity index (χ1n) is 8.65. The van der Waals surface area contributed by atoms with Gasteiger partial charge in [0.25, 0.3) is 0 Å². The van der Waals surface area contributed by atoms with Crippen molar-refractivity contribution in [3.05, 3.63) is 65.7 Å². The van der Waals surface area contributed by atoms with Crippen molar-refractivity contribution in [1.29, 1.82) is 0 Å². The van der Waals surface area contributed by atoms with Crippen molar-refractivity contribution >= 4 is 11.6 Å². The molecule has 5 heteroatoms. The van der Waals surface area contributed by atoms with Gasteiger partial charge < -0.3 is 10.2 Å². The van der Waals surface area contributed by atoms with Gasteiger partial charge in [0.2, 0.25) is 5.91 Å². The van der Waals surface area contributed by atoms with E-state index in [-0.39, 0.29) is 23.6 Å². The van der Waals surface area contributed by atoms with E-state index in [0.29, 0.717) is 24.9 Å². The van der Waals surface area contributed by atoms with Crippen molar-refractivity contribution in [2.45, 2.75) is 31.7 Å². The third kappa shape index (κ3) is 4.78. The van der Waals surface area contributed by atoms with E-state index in [1.807, 2.05) is 4.90 Å². The smallest absolute Gasteiger partial charge is 0.222 e. The molecule has 1 heterocycles. The molecule has 1 amide bonds. The van der Waals surface area contributed by atoms with Crippen molar-refractivity contribution in [2.75, 3.05) is 18.4 Å². The second-order valence-electron chi connectivity index (χ2n) is 6.42. The highest BCUT2D eigenvalue weighted by Crippen LogP contribution is 2.18. The van der Waals surface area contributed by atoms with Crippen molar-refractivity contribution in [3.8, 4) is 0 Å². The molecule has 1 aliphatic rings. The van der Waals surface area contributed by atoms with Gasteiger partial charge >= 0.3 is 0 Å². The summed E-state index contributed by atoms with van der Waals surface area (Å²) >= 11 is 0. The first-order chi connectivity index (χ1) is 12.1. The van der Waals surface area contributed by atoms with Gasteiger partial charge in [-0.1, -0.05) is 18.2 Å². The number of halogens is 2. The SMILES string of the molecule is O=C(CCc1ccccc1F)N1CCCC(Nc2ccc(F)cc2)C1. The van der Waals surface area contributed by atoms with Crippen LogP contribution in [0.3, 0.4) is 0 Å². The number of benzene rings is 2. The molecule has 3 rings (SSSR count). The van der Waals surface area contributed by atoms with E-state index in [0.717, 1.165) is 25.1 Å². The minimum atomic E-state index is -0.265. The maximum atomic E-state index is 13.7. The van der Waals surface area contributed by atoms with Gasteiger partial charge in [0.05, 0.1) is 0 Å². The van der Waals surface area contributed by atoms with Crippen LogP contribution in [0.5, 0.6) is 0 Å². The fourth-order valence-electron chi connectivity index (χ4n) is 3.20. The average molecular weight is 344 g/mol. The molecule has 0 bridgehead atoms. The summed E-state index contributed by atoms with van der Waals surface area (Å²) in [6.45, 7) is 1.35. The quantitative estimate of drug-likeness (QED) is 0.889. The molecule has 1 saturated heterocycles. The van der Waals surface area contributed by atoms with Crippen LogP contribution in [0, 0.1) is 11.6 Å². The van der Waals surface area contributed by atoms with Crippen molar-refractivity contribution < 1.29 is 13.6 Å². The summed E-state index contributed by atoms with van der Waals surface area (Å²) in [6, 6.07) is 13.0. The second-order valence-corrected chi connectivity index (χ2v) is 6.42. The molecule has 1 fully saturated rings. The number of amides is 1. The minimum Gasteiger partial charge on any atom is -0.381 e. The van der Waals surface area contributed by atoms with Crippen LogP contribution < -0.4 is 5.32 Å². The zero-order chi connectivity index (χ0) is 17.6. The fourth-order valence-corrected chi connectivity index (χ4v) is 3.20. The number of nitrogens with one attached hydrogen (secondary N) is 1. The lowest BCUT2D eigenvalue weighted by atomic mass is 10.0. The summed E-state index contributed by atoms with van der Waals surface area (Å²) < 4.78 is 26.6. The van der Waals surface area contributed by atoms with Crippen LogP contribution >= 0.6 is 0 Å². The van der Waals surface area contributed by atoms with Gasteiger partial charge in [-0.25, -0.2) is 8.78 Å². The lowest BCUT2D eigenvalue weighted by molar-refractivity contribution is -0.132. The molecule has 0 spiro atoms. The number of likely N-dealkylation sites (tertiary alicyclic amines) is 1. The highest BCUT2D eigenvalue weighted by molar-refractivity contribution is 5.76. The number of aryl methyl sites for hydroxylation is 1. The molecule has 2 aromatic rings. The van der Waals surface area contributed by atoms with Crippen LogP contribution in [0.25, 0.3) is 0 Å². The molecule has 132 valence electrons. The molecule has 0 aliphatic carbocycles. The number of rotatable bonds is 5. The minimum absolute atomic E-state index is 0.0499. The maximum absolute atomic E-state index is 13.7. The van der Waals surface area contributed by atoms with E-state index in [1.54, 1.807) is 30.3 Å². The molecule has 1 N–H and O–H groups in total. The normalized spacial score (nSPS) is 17.4. The number of anilines is 1. The Morgan fingerprint density at radius 3 is 2.64 bits per heavy atom. The lowest BCUT2D eigenvalue weighted by Crippen LogP contribution is -2.45. The number of piperidine rings is 1. The fraction of sp³-hybridized carbons (Fsp3) is 0.350. The largest absolute Gasteiger partial charge is 0.381 e. The van der Waals surface area contributed by atoms with Gasteiger partial charge in [-0.15, -0.1) is 0 Å². The monoisotopic (exact) mass is 344 g/mol. The summed E-state index contributed by atoms with van der Waals surface area (Å²) in [6.07, 6.45) is 2.61. The first kappa shape index (κ1) is 17.4. The van der Waals surface area contributed by atoms with Gasteiger partial charge in [-0.3, -0.25) is 4.79 Å². The topological polar surface area (TPSA) is 32.3 Å². The number of carbonyl (C=O) groups is 1. The molecule has 1 aliphatic heterocycles. The second kappa shape index (κ2) is 8.10. The van der Waals surface area contributed by atoms with Crippen molar-refractivity contribution in [3.63, 3.8) is 0 Å². The number of carbonyl (C=O) groups excluding carboxylic acids is 1. The third-order valence-electron chi connectivity index (χ3n) is 4.56. The van der Waals surface area contributed by atoms with Crippen LogP contribution in [0.15, 0.2) is 48.5 Å². The van der Waals surface area contributed by atoms with E-state index in [2.05, 4.69) is 5.32 Å². The Balaban J connectivity index is 1.52. The standard InChI is InChI=1S/C20H22F2N2O/c21-16-8-10-17(11-9-16)23-18-5-3-13-24(14-18)20(25)12-7-15-4-1-2-6-19(15)22/h1-2,4,6,8-11,18,23H,3,5,7,12-14H2. The highest BCUT2D eigenvalue weighted by atomic mass is 19.1. The van der Waals surface area contributed by atoms with Gasteiger partial charge in [0.1, 0.15) is 11.6 Å². The van der Waals surface area contributed by atoms with Crippen LogP contribution in [0.4, 0.5) is 14.5 Å².